The second kappa shape index (κ2) is 5.24. The van der Waals surface area contributed by atoms with Crippen LogP contribution in [0.15, 0.2) is 41.5 Å². The lowest BCUT2D eigenvalue weighted by Crippen LogP contribution is -1.96. The summed E-state index contributed by atoms with van der Waals surface area (Å²) in [6.07, 6.45) is 9.97. The zero-order valence-corrected chi connectivity index (χ0v) is 9.29. The number of rotatable bonds is 0. The molecule has 0 saturated carbocycles. The molecule has 0 saturated heterocycles. The number of allylic oxidation sites excluding steroid dienone is 2. The third kappa shape index (κ3) is 2.56. The van der Waals surface area contributed by atoms with E-state index in [0.29, 0.717) is 0 Å². The van der Waals surface area contributed by atoms with Gasteiger partial charge in [-0.05, 0) is 37.8 Å². The molecule has 0 aliphatic heterocycles. The summed E-state index contributed by atoms with van der Waals surface area (Å²) in [6, 6.07) is 10.0. The first-order valence-corrected chi connectivity index (χ1v) is 5.66. The van der Waals surface area contributed by atoms with E-state index in [1.54, 1.807) is 0 Å². The smallest absolute Gasteiger partial charge is 0.0248 e. The van der Waals surface area contributed by atoms with E-state index in [-0.39, 0.29) is 0 Å². The minimum atomic E-state index is 1.02. The molecule has 1 aliphatic carbocycles. The van der Waals surface area contributed by atoms with Gasteiger partial charge in [-0.3, -0.25) is 0 Å². The first-order valence-electron chi connectivity index (χ1n) is 5.66. The highest BCUT2D eigenvalue weighted by molar-refractivity contribution is 5.47. The van der Waals surface area contributed by atoms with E-state index < -0.39 is 0 Å². The van der Waals surface area contributed by atoms with Gasteiger partial charge in [0.2, 0.25) is 0 Å². The van der Waals surface area contributed by atoms with Crippen LogP contribution < -0.4 is 0 Å². The minimum Gasteiger partial charge on any atom is -0.115 e. The summed E-state index contributed by atoms with van der Waals surface area (Å²) in [5.41, 5.74) is 3.32. The van der Waals surface area contributed by atoms with Crippen molar-refractivity contribution in [1.29, 1.82) is 0 Å². The van der Waals surface area contributed by atoms with E-state index in [2.05, 4.69) is 17.8 Å². The van der Waals surface area contributed by atoms with Crippen LogP contribution in [-0.4, -0.2) is 0 Å². The molecular weight excluding hydrogens is 192 g/mol. The molecule has 0 heteroatoms. The molecule has 0 spiro atoms. The highest BCUT2D eigenvalue weighted by Crippen LogP contribution is 2.23. The standard InChI is InChI=1S/C16H14/c1-2-15-10-6-7-11-16(15)13-12-14-8-4-3-5-9-14/h1,3-5,8-9H,6-7,10-11H2. The number of hydrogen-bond donors (Lipinski definition) is 0. The Kier molecular flexibility index (Phi) is 3.47. The molecule has 1 aromatic rings. The van der Waals surface area contributed by atoms with Crippen molar-refractivity contribution >= 4 is 0 Å². The molecule has 1 aromatic carbocycles. The maximum absolute atomic E-state index is 5.49. The Morgan fingerprint density at radius 1 is 0.875 bits per heavy atom. The Morgan fingerprint density at radius 2 is 1.56 bits per heavy atom. The van der Waals surface area contributed by atoms with E-state index in [1.807, 2.05) is 30.3 Å². The van der Waals surface area contributed by atoms with Crippen molar-refractivity contribution in [2.45, 2.75) is 25.7 Å². The molecule has 0 radical (unpaired) electrons. The van der Waals surface area contributed by atoms with Gasteiger partial charge < -0.3 is 0 Å². The molecule has 16 heavy (non-hydrogen) atoms. The van der Waals surface area contributed by atoms with E-state index in [9.17, 15) is 0 Å². The highest BCUT2D eigenvalue weighted by atomic mass is 14.1. The van der Waals surface area contributed by atoms with Gasteiger partial charge in [0.1, 0.15) is 0 Å². The Labute approximate surface area is 97.4 Å². The molecule has 0 aromatic heterocycles. The summed E-state index contributed by atoms with van der Waals surface area (Å²) in [7, 11) is 0. The summed E-state index contributed by atoms with van der Waals surface area (Å²) in [5.74, 6) is 9.17. The Bertz CT molecular complexity index is 486. The van der Waals surface area contributed by atoms with Crippen molar-refractivity contribution in [3.05, 3.63) is 47.0 Å². The van der Waals surface area contributed by atoms with Gasteiger partial charge in [0.25, 0.3) is 0 Å². The zero-order valence-electron chi connectivity index (χ0n) is 9.29. The molecule has 0 unspecified atom stereocenters. The van der Waals surface area contributed by atoms with Gasteiger partial charge >= 0.3 is 0 Å². The molecule has 1 aliphatic rings. The van der Waals surface area contributed by atoms with Crippen LogP contribution in [0.1, 0.15) is 31.2 Å². The van der Waals surface area contributed by atoms with Crippen LogP contribution in [0.5, 0.6) is 0 Å². The molecule has 0 atom stereocenters. The van der Waals surface area contributed by atoms with Crippen LogP contribution >= 0.6 is 0 Å². The van der Waals surface area contributed by atoms with Crippen molar-refractivity contribution in [3.8, 4) is 24.2 Å². The zero-order chi connectivity index (χ0) is 11.2. The van der Waals surface area contributed by atoms with E-state index in [1.165, 1.54) is 12.8 Å². The first-order chi connectivity index (χ1) is 7.90. The van der Waals surface area contributed by atoms with Gasteiger partial charge in [-0.15, -0.1) is 6.42 Å². The molecule has 0 heterocycles. The Balaban J connectivity index is 2.25. The Hall–Kier alpha value is -1.92. The molecule has 0 bridgehead atoms. The second-order valence-corrected chi connectivity index (χ2v) is 3.92. The molecule has 2 rings (SSSR count). The predicted molar refractivity (Wildman–Crippen MR) is 67.6 cm³/mol. The summed E-state index contributed by atoms with van der Waals surface area (Å²) in [4.78, 5) is 0. The van der Waals surface area contributed by atoms with Crippen LogP contribution in [0, 0.1) is 24.2 Å². The average molecular weight is 206 g/mol. The maximum atomic E-state index is 5.49. The fourth-order valence-electron chi connectivity index (χ4n) is 1.87. The van der Waals surface area contributed by atoms with Crippen molar-refractivity contribution in [2.75, 3.05) is 0 Å². The van der Waals surface area contributed by atoms with Gasteiger partial charge in [0.05, 0.1) is 0 Å². The summed E-state index contributed by atoms with van der Waals surface area (Å²) in [5, 5.41) is 0. The lowest BCUT2D eigenvalue weighted by Gasteiger charge is -2.11. The molecule has 0 N–H and O–H groups in total. The third-order valence-electron chi connectivity index (χ3n) is 2.77. The maximum Gasteiger partial charge on any atom is 0.0248 e. The van der Waals surface area contributed by atoms with Crippen molar-refractivity contribution in [2.24, 2.45) is 0 Å². The second-order valence-electron chi connectivity index (χ2n) is 3.92. The minimum absolute atomic E-state index is 1.02. The lowest BCUT2D eigenvalue weighted by atomic mass is 9.92. The molecular formula is C16H14. The fourth-order valence-corrected chi connectivity index (χ4v) is 1.87. The lowest BCUT2D eigenvalue weighted by molar-refractivity contribution is 0.700. The summed E-state index contributed by atoms with van der Waals surface area (Å²) >= 11 is 0. The van der Waals surface area contributed by atoms with Crippen molar-refractivity contribution in [3.63, 3.8) is 0 Å². The molecule has 0 fully saturated rings. The molecule has 0 amide bonds. The predicted octanol–water partition coefficient (Wildman–Crippen LogP) is 3.54. The SMILES string of the molecule is C#CC1=C(C#Cc2ccccc2)CCCC1. The third-order valence-corrected chi connectivity index (χ3v) is 2.77. The van der Waals surface area contributed by atoms with Gasteiger partial charge in [-0.1, -0.05) is 36.0 Å². The number of terminal acetylenes is 1. The van der Waals surface area contributed by atoms with Gasteiger partial charge in [-0.25, -0.2) is 0 Å². The van der Waals surface area contributed by atoms with Crippen LogP contribution in [0.4, 0.5) is 0 Å². The van der Waals surface area contributed by atoms with Crippen LogP contribution in [-0.2, 0) is 0 Å². The largest absolute Gasteiger partial charge is 0.115 e. The average Bonchev–Trinajstić information content (AvgIpc) is 2.38. The van der Waals surface area contributed by atoms with E-state index >= 15 is 0 Å². The van der Waals surface area contributed by atoms with Gasteiger partial charge in [-0.2, -0.15) is 0 Å². The molecule has 78 valence electrons. The van der Waals surface area contributed by atoms with Gasteiger partial charge in [0, 0.05) is 16.7 Å². The van der Waals surface area contributed by atoms with Crippen LogP contribution in [0.3, 0.4) is 0 Å². The molecule has 0 nitrogen and oxygen atoms in total. The Morgan fingerprint density at radius 3 is 2.25 bits per heavy atom. The number of benzene rings is 1. The first kappa shape index (κ1) is 10.6. The van der Waals surface area contributed by atoms with Crippen molar-refractivity contribution < 1.29 is 0 Å². The topological polar surface area (TPSA) is 0 Å². The monoisotopic (exact) mass is 206 g/mol. The quantitative estimate of drug-likeness (QED) is 0.569. The van der Waals surface area contributed by atoms with Crippen LogP contribution in [0.25, 0.3) is 0 Å². The highest BCUT2D eigenvalue weighted by Gasteiger charge is 2.08. The van der Waals surface area contributed by atoms with Gasteiger partial charge in [0.15, 0.2) is 0 Å². The normalized spacial score (nSPS) is 14.9. The number of hydrogen-bond acceptors (Lipinski definition) is 0. The van der Waals surface area contributed by atoms with Crippen LogP contribution in [0.2, 0.25) is 0 Å². The summed E-state index contributed by atoms with van der Waals surface area (Å²) in [6.45, 7) is 0. The van der Waals surface area contributed by atoms with Crippen molar-refractivity contribution in [1.82, 2.24) is 0 Å². The fraction of sp³-hybridized carbons (Fsp3) is 0.250. The van der Waals surface area contributed by atoms with E-state index in [4.69, 9.17) is 6.42 Å². The van der Waals surface area contributed by atoms with E-state index in [0.717, 1.165) is 29.6 Å². The summed E-state index contributed by atoms with van der Waals surface area (Å²) < 4.78 is 0.